The van der Waals surface area contributed by atoms with Gasteiger partial charge in [-0.05, 0) is 177 Å². The van der Waals surface area contributed by atoms with Crippen LogP contribution >= 0.6 is 0 Å². The Kier molecular flexibility index (Phi) is 13.9. The normalized spacial score (nSPS) is 37.0. The number of fused-ring (bicyclic) bond motifs is 1. The number of piperazine rings is 1. The Morgan fingerprint density at radius 3 is 1.96 bits per heavy atom. The molecule has 4 unspecified atom stereocenters. The van der Waals surface area contributed by atoms with E-state index in [9.17, 15) is 19.5 Å². The van der Waals surface area contributed by atoms with Crippen LogP contribution in [0.25, 0.3) is 0 Å². The quantitative estimate of drug-likeness (QED) is 0.177. The van der Waals surface area contributed by atoms with Crippen LogP contribution in [0.15, 0.2) is 11.1 Å². The zero-order valence-corrected chi connectivity index (χ0v) is 35.2. The van der Waals surface area contributed by atoms with Crippen LogP contribution in [0, 0.1) is 41.4 Å². The lowest BCUT2D eigenvalue weighted by Crippen LogP contribution is -2.53. The summed E-state index contributed by atoms with van der Waals surface area (Å²) < 4.78 is 0. The van der Waals surface area contributed by atoms with Gasteiger partial charge in [-0.1, -0.05) is 37.3 Å². The van der Waals surface area contributed by atoms with Gasteiger partial charge in [0, 0.05) is 51.1 Å². The van der Waals surface area contributed by atoms with Crippen LogP contribution < -0.4 is 5.32 Å². The average molecular weight is 776 g/mol. The van der Waals surface area contributed by atoms with Gasteiger partial charge in [-0.25, -0.2) is 0 Å². The van der Waals surface area contributed by atoms with E-state index in [2.05, 4.69) is 26.9 Å². The molecule has 4 heterocycles. The molecule has 0 radical (unpaired) electrons. The molecule has 0 aromatic carbocycles. The third-order valence-corrected chi connectivity index (χ3v) is 16.9. The van der Waals surface area contributed by atoms with E-state index in [4.69, 9.17) is 0 Å². The zero-order chi connectivity index (χ0) is 38.6. The molecule has 9 nitrogen and oxygen atoms in total. The maximum absolute atomic E-state index is 13.3. The van der Waals surface area contributed by atoms with E-state index in [1.54, 1.807) is 0 Å². The highest BCUT2D eigenvalue weighted by atomic mass is 16.3. The van der Waals surface area contributed by atoms with Gasteiger partial charge in [-0.15, -0.1) is 0 Å². The van der Waals surface area contributed by atoms with Gasteiger partial charge in [0.1, 0.15) is 6.04 Å². The molecule has 4 aliphatic heterocycles. The minimum absolute atomic E-state index is 0.0571. The van der Waals surface area contributed by atoms with E-state index in [0.29, 0.717) is 31.3 Å². The Balaban J connectivity index is 0.730. The van der Waals surface area contributed by atoms with Crippen LogP contribution in [-0.2, 0) is 14.4 Å². The predicted octanol–water partition coefficient (Wildman–Crippen LogP) is 6.78. The average Bonchev–Trinajstić information content (AvgIpc) is 3.56. The molecule has 4 aliphatic carbocycles. The van der Waals surface area contributed by atoms with Gasteiger partial charge in [-0.3, -0.25) is 24.6 Å². The number of amides is 3. The van der Waals surface area contributed by atoms with Crippen molar-refractivity contribution >= 4 is 17.7 Å². The van der Waals surface area contributed by atoms with Crippen LogP contribution in [0.2, 0.25) is 0 Å². The fourth-order valence-corrected chi connectivity index (χ4v) is 13.8. The van der Waals surface area contributed by atoms with Crippen molar-refractivity contribution in [2.75, 3.05) is 58.9 Å². The van der Waals surface area contributed by atoms with Gasteiger partial charge in [0.25, 0.3) is 0 Å². The molecule has 2 N–H and O–H groups in total. The Hall–Kier alpha value is -1.81. The second-order valence-corrected chi connectivity index (χ2v) is 20.0. The zero-order valence-electron chi connectivity index (χ0n) is 35.2. The smallest absolute Gasteiger partial charge is 0.249 e. The standard InChI is InChI=1S/C47H77N5O4/c1-2-41(35-7-4-3-5-8-35)45(37-13-16-40(53)17-14-37)36-11-9-33(10-12-36)34-21-25-49(26-22-34)23-6-24-50-27-29-51(30-28-50)39-15-18-42-38(31-39)32-52(47(42)56)43-19-20-44(54)48-46(43)55/h33-40,42-43,53H,2-32H2,1H3,(H,48,54,55)/b45-41+. The third kappa shape index (κ3) is 9.47. The number of carbonyl (C=O) groups is 3. The number of aliphatic hydroxyl groups excluding tert-OH is 1. The number of nitrogens with zero attached hydrogens (tertiary/aromatic N) is 4. The number of nitrogens with one attached hydrogen (secondary N) is 1. The highest BCUT2D eigenvalue weighted by molar-refractivity contribution is 6.02. The van der Waals surface area contributed by atoms with Crippen LogP contribution in [0.1, 0.15) is 148 Å². The van der Waals surface area contributed by atoms with Crippen molar-refractivity contribution in [1.29, 1.82) is 0 Å². The lowest BCUT2D eigenvalue weighted by molar-refractivity contribution is -0.144. The Labute approximate surface area is 339 Å². The number of likely N-dealkylation sites (tertiary alicyclic amines) is 2. The fraction of sp³-hybridized carbons (Fsp3) is 0.894. The molecule has 0 aromatic rings. The van der Waals surface area contributed by atoms with E-state index in [0.717, 1.165) is 87.9 Å². The van der Waals surface area contributed by atoms with Gasteiger partial charge < -0.3 is 19.8 Å². The molecule has 0 bridgehead atoms. The molecule has 0 aromatic heterocycles. The van der Waals surface area contributed by atoms with Gasteiger partial charge in [0.05, 0.1) is 6.10 Å². The number of rotatable bonds is 11. The molecule has 4 saturated heterocycles. The molecule has 8 fully saturated rings. The number of imide groups is 1. The maximum atomic E-state index is 13.3. The Morgan fingerprint density at radius 1 is 0.661 bits per heavy atom. The van der Waals surface area contributed by atoms with E-state index in [1.807, 2.05) is 16.0 Å². The summed E-state index contributed by atoms with van der Waals surface area (Å²) in [7, 11) is 0. The van der Waals surface area contributed by atoms with E-state index in [1.165, 1.54) is 122 Å². The summed E-state index contributed by atoms with van der Waals surface area (Å²) in [6.07, 6.45) is 26.5. The largest absolute Gasteiger partial charge is 0.393 e. The summed E-state index contributed by atoms with van der Waals surface area (Å²) >= 11 is 0. The molecular weight excluding hydrogens is 699 g/mol. The Morgan fingerprint density at radius 2 is 1.30 bits per heavy atom. The minimum Gasteiger partial charge on any atom is -0.393 e. The van der Waals surface area contributed by atoms with Crippen molar-refractivity contribution in [3.8, 4) is 0 Å². The van der Waals surface area contributed by atoms with Crippen molar-refractivity contribution < 1.29 is 19.5 Å². The predicted molar refractivity (Wildman–Crippen MR) is 222 cm³/mol. The van der Waals surface area contributed by atoms with Crippen molar-refractivity contribution in [1.82, 2.24) is 24.9 Å². The van der Waals surface area contributed by atoms with Crippen molar-refractivity contribution in [2.45, 2.75) is 166 Å². The molecule has 4 atom stereocenters. The minimum atomic E-state index is -0.464. The van der Waals surface area contributed by atoms with Crippen LogP contribution in [0.4, 0.5) is 0 Å². The molecular formula is C47H77N5O4. The molecule has 314 valence electrons. The summed E-state index contributed by atoms with van der Waals surface area (Å²) in [5.74, 6) is 4.32. The molecule has 9 heteroatoms. The molecule has 3 amide bonds. The first-order chi connectivity index (χ1) is 27.3. The highest BCUT2D eigenvalue weighted by Gasteiger charge is 2.49. The number of hydrogen-bond donors (Lipinski definition) is 2. The number of piperidine rings is 2. The van der Waals surface area contributed by atoms with Gasteiger partial charge in [-0.2, -0.15) is 0 Å². The van der Waals surface area contributed by atoms with E-state index < -0.39 is 6.04 Å². The molecule has 56 heavy (non-hydrogen) atoms. The molecule has 0 spiro atoms. The topological polar surface area (TPSA) is 96.4 Å². The van der Waals surface area contributed by atoms with Crippen LogP contribution in [-0.4, -0.2) is 120 Å². The lowest BCUT2D eigenvalue weighted by atomic mass is 9.65. The summed E-state index contributed by atoms with van der Waals surface area (Å²) in [6.45, 7) is 12.7. The molecule has 4 saturated carbocycles. The van der Waals surface area contributed by atoms with Gasteiger partial charge in [0.15, 0.2) is 0 Å². The second-order valence-electron chi connectivity index (χ2n) is 20.0. The monoisotopic (exact) mass is 776 g/mol. The maximum Gasteiger partial charge on any atom is 0.249 e. The first kappa shape index (κ1) is 40.9. The summed E-state index contributed by atoms with van der Waals surface area (Å²) in [5.41, 5.74) is 3.81. The van der Waals surface area contributed by atoms with E-state index >= 15 is 0 Å². The van der Waals surface area contributed by atoms with Crippen molar-refractivity contribution in [3.05, 3.63) is 11.1 Å². The number of hydrogen-bond acceptors (Lipinski definition) is 7. The van der Waals surface area contributed by atoms with Crippen LogP contribution in [0.3, 0.4) is 0 Å². The second kappa shape index (κ2) is 19.1. The van der Waals surface area contributed by atoms with Gasteiger partial charge >= 0.3 is 0 Å². The first-order valence-electron chi connectivity index (χ1n) is 24.1. The SMILES string of the molecule is CC/C(=C(\C1CCC(O)CC1)C1CCC(C2CCN(CCCN3CCN(C4CCC5C(=O)N(C6CCC(=O)NC6=O)CC5C4)CC3)CC2)CC1)C1CCCCC1. The molecule has 8 rings (SSSR count). The Bertz CT molecular complexity index is 1360. The number of aliphatic hydroxyl groups is 1. The summed E-state index contributed by atoms with van der Waals surface area (Å²) in [4.78, 5) is 47.4. The van der Waals surface area contributed by atoms with Gasteiger partial charge in [0.2, 0.25) is 17.7 Å². The third-order valence-electron chi connectivity index (χ3n) is 16.9. The number of carbonyl (C=O) groups excluding carboxylic acids is 3. The fourth-order valence-electron chi connectivity index (χ4n) is 13.8. The van der Waals surface area contributed by atoms with E-state index in [-0.39, 0.29) is 29.7 Å². The summed E-state index contributed by atoms with van der Waals surface area (Å²) in [6, 6.07) is 0.0825. The van der Waals surface area contributed by atoms with Crippen LogP contribution in [0.5, 0.6) is 0 Å². The molecule has 8 aliphatic rings. The highest BCUT2D eigenvalue weighted by Crippen LogP contribution is 2.48. The summed E-state index contributed by atoms with van der Waals surface area (Å²) in [5, 5.41) is 12.8. The van der Waals surface area contributed by atoms with Crippen molar-refractivity contribution in [2.24, 2.45) is 41.4 Å². The number of allylic oxidation sites excluding steroid dienone is 2. The lowest BCUT2D eigenvalue weighted by Gasteiger charge is -2.43. The van der Waals surface area contributed by atoms with Crippen molar-refractivity contribution in [3.63, 3.8) is 0 Å². The first-order valence-corrected chi connectivity index (χ1v) is 24.1.